The third-order valence-corrected chi connectivity index (χ3v) is 5.74. The Morgan fingerprint density at radius 3 is 2.60 bits per heavy atom. The van der Waals surface area contributed by atoms with Crippen molar-refractivity contribution in [3.05, 3.63) is 61.9 Å². The molecule has 0 saturated carbocycles. The Hall–Kier alpha value is -2.04. The Balaban J connectivity index is 1.59. The monoisotopic (exact) mass is 523 g/mol. The molecule has 1 aromatic carbocycles. The van der Waals surface area contributed by atoms with E-state index in [0.29, 0.717) is 28.1 Å². The van der Waals surface area contributed by atoms with Crippen LogP contribution < -0.4 is 5.32 Å². The minimum absolute atomic E-state index is 0.00651. The predicted octanol–water partition coefficient (Wildman–Crippen LogP) is 5.55. The van der Waals surface area contributed by atoms with Gasteiger partial charge in [0.25, 0.3) is 0 Å². The lowest BCUT2D eigenvalue weighted by molar-refractivity contribution is -0.142. The molecule has 6 nitrogen and oxygen atoms in total. The van der Waals surface area contributed by atoms with Crippen molar-refractivity contribution in [3.8, 4) is 0 Å². The van der Waals surface area contributed by atoms with Crippen molar-refractivity contribution >= 4 is 50.9 Å². The van der Waals surface area contributed by atoms with Crippen LogP contribution in [0, 0.1) is 6.92 Å². The number of anilines is 1. The average Bonchev–Trinajstić information content (AvgIpc) is 3.20. The molecule has 0 saturated heterocycles. The molecule has 3 aromatic rings. The van der Waals surface area contributed by atoms with Gasteiger partial charge in [0.05, 0.1) is 23.3 Å². The zero-order valence-corrected chi connectivity index (χ0v) is 18.6. The van der Waals surface area contributed by atoms with Crippen LogP contribution in [0.15, 0.2) is 34.9 Å². The SMILES string of the molecule is Cc1c(Br)c(C(F)(F)F)nn1CCC(=O)Nc1ccn(Cc2ccc(Cl)cc2Cl)n1. The van der Waals surface area contributed by atoms with Crippen molar-refractivity contribution in [2.45, 2.75) is 32.6 Å². The van der Waals surface area contributed by atoms with Crippen LogP contribution in [0.5, 0.6) is 0 Å². The molecule has 0 aliphatic rings. The molecular formula is C18H15BrCl2F3N5O. The Kier molecular flexibility index (Phi) is 6.78. The predicted molar refractivity (Wildman–Crippen MR) is 111 cm³/mol. The van der Waals surface area contributed by atoms with Gasteiger partial charge >= 0.3 is 6.18 Å². The second-order valence-corrected chi connectivity index (χ2v) is 8.04. The fourth-order valence-corrected chi connectivity index (χ4v) is 3.65. The van der Waals surface area contributed by atoms with Gasteiger partial charge in [0.2, 0.25) is 5.91 Å². The molecule has 0 unspecified atom stereocenters. The maximum Gasteiger partial charge on any atom is 0.436 e. The summed E-state index contributed by atoms with van der Waals surface area (Å²) in [4.78, 5) is 12.2. The van der Waals surface area contributed by atoms with Crippen LogP contribution in [0.25, 0.3) is 0 Å². The van der Waals surface area contributed by atoms with Crippen molar-refractivity contribution in [2.75, 3.05) is 5.32 Å². The summed E-state index contributed by atoms with van der Waals surface area (Å²) in [5.74, 6) is -0.0798. The van der Waals surface area contributed by atoms with Gasteiger partial charge in [-0.1, -0.05) is 29.3 Å². The van der Waals surface area contributed by atoms with Crippen molar-refractivity contribution in [2.24, 2.45) is 0 Å². The quantitative estimate of drug-likeness (QED) is 0.459. The second kappa shape index (κ2) is 8.99. The molecule has 12 heteroatoms. The molecule has 1 N–H and O–H groups in total. The molecule has 3 rings (SSSR count). The highest BCUT2D eigenvalue weighted by Gasteiger charge is 2.37. The molecular weight excluding hydrogens is 510 g/mol. The number of aryl methyl sites for hydroxylation is 1. The Labute approximate surface area is 188 Å². The number of hydrogen-bond donors (Lipinski definition) is 1. The van der Waals surface area contributed by atoms with E-state index in [1.165, 1.54) is 6.92 Å². The summed E-state index contributed by atoms with van der Waals surface area (Å²) in [6.45, 7) is 1.87. The molecule has 0 atom stereocenters. The first-order chi connectivity index (χ1) is 14.0. The summed E-state index contributed by atoms with van der Waals surface area (Å²) in [5.41, 5.74) is 0.0847. The number of carbonyl (C=O) groups is 1. The fraction of sp³-hybridized carbons (Fsp3) is 0.278. The lowest BCUT2D eigenvalue weighted by Gasteiger charge is -2.06. The van der Waals surface area contributed by atoms with E-state index in [2.05, 4.69) is 31.4 Å². The topological polar surface area (TPSA) is 64.7 Å². The Morgan fingerprint density at radius 1 is 1.23 bits per heavy atom. The number of aromatic nitrogens is 4. The molecule has 0 fully saturated rings. The van der Waals surface area contributed by atoms with Gasteiger partial charge in [-0.3, -0.25) is 14.2 Å². The van der Waals surface area contributed by atoms with Crippen LogP contribution in [0.2, 0.25) is 10.0 Å². The highest BCUT2D eigenvalue weighted by Crippen LogP contribution is 2.35. The molecule has 0 bridgehead atoms. The van der Waals surface area contributed by atoms with Crippen molar-refractivity contribution in [1.29, 1.82) is 0 Å². The third kappa shape index (κ3) is 5.35. The van der Waals surface area contributed by atoms with E-state index in [1.807, 2.05) is 0 Å². The highest BCUT2D eigenvalue weighted by atomic mass is 79.9. The van der Waals surface area contributed by atoms with Crippen LogP contribution in [-0.2, 0) is 24.1 Å². The van der Waals surface area contributed by atoms with Gasteiger partial charge in [-0.05, 0) is 40.5 Å². The van der Waals surface area contributed by atoms with Gasteiger partial charge in [-0.25, -0.2) is 0 Å². The zero-order valence-electron chi connectivity index (χ0n) is 15.5. The van der Waals surface area contributed by atoms with Crippen LogP contribution in [0.4, 0.5) is 19.0 Å². The molecule has 0 spiro atoms. The van der Waals surface area contributed by atoms with Crippen LogP contribution in [0.3, 0.4) is 0 Å². The normalized spacial score (nSPS) is 11.7. The van der Waals surface area contributed by atoms with Crippen molar-refractivity contribution < 1.29 is 18.0 Å². The number of halogens is 6. The summed E-state index contributed by atoms with van der Waals surface area (Å²) in [7, 11) is 0. The summed E-state index contributed by atoms with van der Waals surface area (Å²) in [5, 5.41) is 11.4. The Bertz CT molecular complexity index is 1080. The van der Waals surface area contributed by atoms with Gasteiger partial charge in [0.1, 0.15) is 0 Å². The van der Waals surface area contributed by atoms with E-state index in [9.17, 15) is 18.0 Å². The fourth-order valence-electron chi connectivity index (χ4n) is 2.68. The highest BCUT2D eigenvalue weighted by molar-refractivity contribution is 9.10. The lowest BCUT2D eigenvalue weighted by atomic mass is 10.2. The molecule has 0 aliphatic heterocycles. The second-order valence-electron chi connectivity index (χ2n) is 6.40. The maximum absolute atomic E-state index is 12.9. The van der Waals surface area contributed by atoms with E-state index in [-0.39, 0.29) is 17.4 Å². The summed E-state index contributed by atoms with van der Waals surface area (Å²) < 4.78 is 41.4. The largest absolute Gasteiger partial charge is 0.436 e. The van der Waals surface area contributed by atoms with Crippen LogP contribution >= 0.6 is 39.1 Å². The number of amides is 1. The molecule has 2 heterocycles. The maximum atomic E-state index is 12.9. The molecule has 0 aliphatic carbocycles. The molecule has 30 heavy (non-hydrogen) atoms. The minimum Gasteiger partial charge on any atom is -0.309 e. The number of rotatable bonds is 6. The third-order valence-electron chi connectivity index (χ3n) is 4.21. The molecule has 0 radical (unpaired) electrons. The van der Waals surface area contributed by atoms with Crippen molar-refractivity contribution in [1.82, 2.24) is 19.6 Å². The van der Waals surface area contributed by atoms with E-state index < -0.39 is 17.8 Å². The molecule has 160 valence electrons. The first-order valence-corrected chi connectivity index (χ1v) is 10.2. The molecule has 2 aromatic heterocycles. The van der Waals surface area contributed by atoms with Crippen LogP contribution in [-0.4, -0.2) is 25.5 Å². The van der Waals surface area contributed by atoms with E-state index >= 15 is 0 Å². The number of carbonyl (C=O) groups excluding carboxylic acids is 1. The van der Waals surface area contributed by atoms with Gasteiger partial charge < -0.3 is 5.32 Å². The smallest absolute Gasteiger partial charge is 0.309 e. The van der Waals surface area contributed by atoms with E-state index in [4.69, 9.17) is 23.2 Å². The van der Waals surface area contributed by atoms with Crippen LogP contribution in [0.1, 0.15) is 23.4 Å². The summed E-state index contributed by atoms with van der Waals surface area (Å²) in [6, 6.07) is 6.74. The lowest BCUT2D eigenvalue weighted by Crippen LogP contribution is -2.16. The number of nitrogens with zero attached hydrogens (tertiary/aromatic N) is 4. The first-order valence-electron chi connectivity index (χ1n) is 8.62. The number of hydrogen-bond acceptors (Lipinski definition) is 3. The van der Waals surface area contributed by atoms with Crippen molar-refractivity contribution in [3.63, 3.8) is 0 Å². The number of benzene rings is 1. The van der Waals surface area contributed by atoms with Gasteiger partial charge in [0, 0.05) is 28.7 Å². The van der Waals surface area contributed by atoms with Gasteiger partial charge in [0.15, 0.2) is 11.5 Å². The summed E-state index contributed by atoms with van der Waals surface area (Å²) >= 11 is 14.9. The Morgan fingerprint density at radius 2 is 1.97 bits per heavy atom. The molecule has 1 amide bonds. The number of nitrogens with one attached hydrogen (secondary N) is 1. The number of alkyl halides is 3. The van der Waals surface area contributed by atoms with Gasteiger partial charge in [-0.2, -0.15) is 23.4 Å². The zero-order chi connectivity index (χ0) is 22.1. The standard InChI is InChI=1S/C18H15BrCl2F3N5O/c1-10-16(19)17(18(22,23)24)27-29(10)7-5-15(30)25-14-4-6-28(26-14)9-11-2-3-12(20)8-13(11)21/h2-4,6,8H,5,7,9H2,1H3,(H,25,26,30). The average molecular weight is 525 g/mol. The van der Waals surface area contributed by atoms with Gasteiger partial charge in [-0.15, -0.1) is 0 Å². The first kappa shape index (κ1) is 22.6. The minimum atomic E-state index is -4.57. The van der Waals surface area contributed by atoms with E-state index in [0.717, 1.165) is 10.2 Å². The van der Waals surface area contributed by atoms with E-state index in [1.54, 1.807) is 35.1 Å². The summed E-state index contributed by atoms with van der Waals surface area (Å²) in [6.07, 6.45) is -2.97.